The third-order valence-electron chi connectivity index (χ3n) is 2.40. The highest BCUT2D eigenvalue weighted by molar-refractivity contribution is 7.91. The Balaban J connectivity index is 3.17. The molecule has 0 unspecified atom stereocenters. The van der Waals surface area contributed by atoms with Crippen LogP contribution in [-0.4, -0.2) is 40.7 Å². The summed E-state index contributed by atoms with van der Waals surface area (Å²) in [5.41, 5.74) is -1.19. The van der Waals surface area contributed by atoms with Gasteiger partial charge in [0.25, 0.3) is 5.56 Å². The molecule has 0 aliphatic heterocycles. The van der Waals surface area contributed by atoms with E-state index in [9.17, 15) is 18.0 Å². The molecule has 0 amide bonds. The minimum atomic E-state index is -3.30. The van der Waals surface area contributed by atoms with Crippen molar-refractivity contribution in [3.05, 3.63) is 28.2 Å². The van der Waals surface area contributed by atoms with Gasteiger partial charge < -0.3 is 14.8 Å². The summed E-state index contributed by atoms with van der Waals surface area (Å²) in [6.45, 7) is 1.21. The van der Waals surface area contributed by atoms with Crippen LogP contribution >= 0.6 is 0 Å². The summed E-state index contributed by atoms with van der Waals surface area (Å²) in [5.74, 6) is -2.28. The van der Waals surface area contributed by atoms with Crippen molar-refractivity contribution in [2.45, 2.75) is 13.5 Å². The van der Waals surface area contributed by atoms with Crippen LogP contribution in [0.5, 0.6) is 5.75 Å². The molecular weight excluding hydrogens is 262 g/mol. The molecule has 0 atom stereocenters. The molecule has 0 aromatic carbocycles. The van der Waals surface area contributed by atoms with Gasteiger partial charge in [0, 0.05) is 24.4 Å². The predicted octanol–water partition coefficient (Wildman–Crippen LogP) is -0.313. The lowest BCUT2D eigenvalue weighted by atomic mass is 10.3. The van der Waals surface area contributed by atoms with Crippen LogP contribution in [0.3, 0.4) is 0 Å². The average Bonchev–Trinajstić information content (AvgIpc) is 2.26. The van der Waals surface area contributed by atoms with Crippen LogP contribution in [0.1, 0.15) is 17.4 Å². The van der Waals surface area contributed by atoms with Crippen LogP contribution in [0, 0.1) is 0 Å². The van der Waals surface area contributed by atoms with Crippen molar-refractivity contribution >= 4 is 15.8 Å². The maximum atomic E-state index is 11.5. The Morgan fingerprint density at radius 1 is 1.39 bits per heavy atom. The molecular formula is C10H13NO6S. The standard InChI is InChI=1S/C10H13NO6S/c1-2-18(16,17)4-3-11-8(10(14)15)5-7(12)6-9(11)13/h5-6,12H,2-4H2,1H3,(H,14,15). The number of carboxylic acids is 1. The number of nitrogens with zero attached hydrogens (tertiary/aromatic N) is 1. The van der Waals surface area contributed by atoms with Crippen LogP contribution in [0.2, 0.25) is 0 Å². The number of carboxylic acid groups (broad SMARTS) is 1. The van der Waals surface area contributed by atoms with E-state index in [0.717, 1.165) is 16.7 Å². The summed E-state index contributed by atoms with van der Waals surface area (Å²) in [5, 5.41) is 18.0. The van der Waals surface area contributed by atoms with Gasteiger partial charge in [0.15, 0.2) is 9.84 Å². The second kappa shape index (κ2) is 5.21. The van der Waals surface area contributed by atoms with Gasteiger partial charge in [-0.05, 0) is 0 Å². The van der Waals surface area contributed by atoms with Crippen molar-refractivity contribution in [1.82, 2.24) is 4.57 Å². The number of hydrogen-bond acceptors (Lipinski definition) is 5. The molecule has 1 aromatic heterocycles. The zero-order chi connectivity index (χ0) is 13.9. The quantitative estimate of drug-likeness (QED) is 0.761. The Kier molecular flexibility index (Phi) is 4.12. The zero-order valence-electron chi connectivity index (χ0n) is 9.66. The topological polar surface area (TPSA) is 114 Å². The van der Waals surface area contributed by atoms with E-state index < -0.39 is 32.8 Å². The minimum absolute atomic E-state index is 0.0811. The molecule has 0 saturated carbocycles. The number of aromatic hydroxyl groups is 1. The highest BCUT2D eigenvalue weighted by atomic mass is 32.2. The molecule has 2 N–H and O–H groups in total. The van der Waals surface area contributed by atoms with E-state index in [1.54, 1.807) is 0 Å². The van der Waals surface area contributed by atoms with Crippen molar-refractivity contribution in [1.29, 1.82) is 0 Å². The van der Waals surface area contributed by atoms with Gasteiger partial charge in [0.1, 0.15) is 11.4 Å². The molecule has 18 heavy (non-hydrogen) atoms. The summed E-state index contributed by atoms with van der Waals surface area (Å²) >= 11 is 0. The van der Waals surface area contributed by atoms with Crippen molar-refractivity contribution in [2.75, 3.05) is 11.5 Å². The van der Waals surface area contributed by atoms with Gasteiger partial charge in [-0.25, -0.2) is 13.2 Å². The number of hydrogen-bond donors (Lipinski definition) is 2. The largest absolute Gasteiger partial charge is 0.508 e. The first-order valence-electron chi connectivity index (χ1n) is 5.14. The van der Waals surface area contributed by atoms with E-state index in [1.807, 2.05) is 0 Å². The molecule has 0 radical (unpaired) electrons. The zero-order valence-corrected chi connectivity index (χ0v) is 10.5. The van der Waals surface area contributed by atoms with Gasteiger partial charge in [0.05, 0.1) is 5.75 Å². The maximum Gasteiger partial charge on any atom is 0.352 e. The van der Waals surface area contributed by atoms with Gasteiger partial charge in [0.2, 0.25) is 0 Å². The molecule has 0 bridgehead atoms. The summed E-state index contributed by atoms with van der Waals surface area (Å²) in [6, 6.07) is 1.74. The number of aromatic nitrogens is 1. The highest BCUT2D eigenvalue weighted by Gasteiger charge is 2.15. The number of aromatic carboxylic acids is 1. The van der Waals surface area contributed by atoms with E-state index in [1.165, 1.54) is 6.92 Å². The van der Waals surface area contributed by atoms with E-state index in [2.05, 4.69) is 0 Å². The lowest BCUT2D eigenvalue weighted by molar-refractivity contribution is 0.0683. The maximum absolute atomic E-state index is 11.5. The first kappa shape index (κ1) is 14.2. The van der Waals surface area contributed by atoms with E-state index >= 15 is 0 Å². The minimum Gasteiger partial charge on any atom is -0.508 e. The molecule has 0 saturated heterocycles. The highest BCUT2D eigenvalue weighted by Crippen LogP contribution is 2.08. The van der Waals surface area contributed by atoms with Crippen LogP contribution < -0.4 is 5.56 Å². The molecule has 0 fully saturated rings. The fourth-order valence-corrected chi connectivity index (χ4v) is 2.11. The summed E-state index contributed by atoms with van der Waals surface area (Å²) in [4.78, 5) is 22.4. The van der Waals surface area contributed by atoms with Gasteiger partial charge in [-0.15, -0.1) is 0 Å². The second-order valence-corrected chi connectivity index (χ2v) is 6.10. The molecule has 0 aliphatic carbocycles. The summed E-state index contributed by atoms with van der Waals surface area (Å²) in [6.07, 6.45) is 0. The number of rotatable bonds is 5. The Hall–Kier alpha value is -1.83. The Labute approximate surface area is 103 Å². The number of pyridine rings is 1. The Morgan fingerprint density at radius 3 is 2.50 bits per heavy atom. The number of sulfone groups is 1. The SMILES string of the molecule is CCS(=O)(=O)CCn1c(C(=O)O)cc(O)cc1=O. The Bertz CT molecular complexity index is 616. The molecule has 1 rings (SSSR count). The molecule has 1 aromatic rings. The lowest BCUT2D eigenvalue weighted by Gasteiger charge is -2.09. The second-order valence-electron chi connectivity index (χ2n) is 3.63. The lowest BCUT2D eigenvalue weighted by Crippen LogP contribution is -2.28. The van der Waals surface area contributed by atoms with E-state index in [4.69, 9.17) is 10.2 Å². The smallest absolute Gasteiger partial charge is 0.352 e. The predicted molar refractivity (Wildman–Crippen MR) is 63.7 cm³/mol. The Morgan fingerprint density at radius 2 is 2.00 bits per heavy atom. The van der Waals surface area contributed by atoms with Gasteiger partial charge in [-0.3, -0.25) is 4.79 Å². The summed E-state index contributed by atoms with van der Waals surface area (Å²) < 4.78 is 23.5. The van der Waals surface area contributed by atoms with Gasteiger partial charge >= 0.3 is 5.97 Å². The monoisotopic (exact) mass is 275 g/mol. The van der Waals surface area contributed by atoms with Crippen LogP contribution in [0.4, 0.5) is 0 Å². The normalized spacial score (nSPS) is 11.4. The van der Waals surface area contributed by atoms with Gasteiger partial charge in [-0.1, -0.05) is 6.92 Å². The van der Waals surface area contributed by atoms with Crippen LogP contribution in [0.15, 0.2) is 16.9 Å². The molecule has 1 heterocycles. The van der Waals surface area contributed by atoms with E-state index in [0.29, 0.717) is 0 Å². The van der Waals surface area contributed by atoms with Crippen molar-refractivity contribution in [3.63, 3.8) is 0 Å². The van der Waals surface area contributed by atoms with Gasteiger partial charge in [-0.2, -0.15) is 0 Å². The molecule has 0 aliphatic rings. The van der Waals surface area contributed by atoms with Crippen molar-refractivity contribution < 1.29 is 23.4 Å². The fourth-order valence-electron chi connectivity index (χ4n) is 1.37. The third-order valence-corrected chi connectivity index (χ3v) is 4.08. The summed E-state index contributed by atoms with van der Waals surface area (Å²) in [7, 11) is -3.30. The molecule has 0 spiro atoms. The molecule has 8 heteroatoms. The van der Waals surface area contributed by atoms with Crippen LogP contribution in [0.25, 0.3) is 0 Å². The van der Waals surface area contributed by atoms with Crippen molar-refractivity contribution in [3.8, 4) is 5.75 Å². The average molecular weight is 275 g/mol. The number of carbonyl (C=O) groups is 1. The van der Waals surface area contributed by atoms with E-state index in [-0.39, 0.29) is 18.1 Å². The fraction of sp³-hybridized carbons (Fsp3) is 0.400. The third kappa shape index (κ3) is 3.33. The van der Waals surface area contributed by atoms with Crippen LogP contribution in [-0.2, 0) is 16.4 Å². The first-order chi connectivity index (χ1) is 8.26. The molecule has 7 nitrogen and oxygen atoms in total. The van der Waals surface area contributed by atoms with Crippen molar-refractivity contribution in [2.24, 2.45) is 0 Å². The first-order valence-corrected chi connectivity index (χ1v) is 6.96. The molecule has 100 valence electrons.